The first-order chi connectivity index (χ1) is 40.8. The minimum Gasteiger partial charge on any atom is -0.491 e. The quantitative estimate of drug-likeness (QED) is 0.0355. The smallest absolute Gasteiger partial charge is 0.491 e. The van der Waals surface area contributed by atoms with Crippen molar-refractivity contribution in [3.8, 4) is 34.4 Å². The van der Waals surface area contributed by atoms with Crippen LogP contribution in [-0.2, 0) is 54.4 Å². The van der Waals surface area contributed by atoms with Gasteiger partial charge in [0.1, 0.15) is 36.9 Å². The zero-order chi connectivity index (χ0) is 58.6. The molecule has 7 heterocycles. The van der Waals surface area contributed by atoms with Crippen molar-refractivity contribution in [3.05, 3.63) is 209 Å². The number of nitrogens with zero attached hydrogens (tertiary/aromatic N) is 8. The van der Waals surface area contributed by atoms with E-state index < -0.39 is 0 Å². The molecule has 4 aromatic carbocycles. The summed E-state index contributed by atoms with van der Waals surface area (Å²) in [6, 6.07) is 50.7. The van der Waals surface area contributed by atoms with Crippen LogP contribution in [0, 0.1) is 3.57 Å². The predicted molar refractivity (Wildman–Crippen MR) is 325 cm³/mol. The number of aromatic nitrogens is 6. The topological polar surface area (TPSA) is 192 Å². The third-order valence-electron chi connectivity index (χ3n) is 14.1. The van der Waals surface area contributed by atoms with E-state index in [0.717, 1.165) is 42.8 Å². The predicted octanol–water partition coefficient (Wildman–Crippen LogP) is 8.86. The number of pyridine rings is 2. The molecule has 0 saturated carbocycles. The SMILES string of the molecule is CC1(C)OB(c2cccc(OCCOCc3ccccc3)c2)OC1(C)C.O=C(Cc1cccnn1)N1CC(Oc2ccc(-c3cccc(OCCOCc4ccccc4)c3)cn2)C1.O=C(Cc1cccnn1)N1CC(Oc2ccc(I)cn2)C1. The van der Waals surface area contributed by atoms with E-state index in [9.17, 15) is 9.59 Å². The molecule has 3 aliphatic rings. The molecule has 84 heavy (non-hydrogen) atoms. The summed E-state index contributed by atoms with van der Waals surface area (Å²) in [6.45, 7) is 13.7. The summed E-state index contributed by atoms with van der Waals surface area (Å²) in [5.74, 6) is 2.78. The van der Waals surface area contributed by atoms with E-state index in [4.69, 9.17) is 37.7 Å². The van der Waals surface area contributed by atoms with Gasteiger partial charge in [0.25, 0.3) is 0 Å². The van der Waals surface area contributed by atoms with Gasteiger partial charge in [-0.25, -0.2) is 9.97 Å². The van der Waals surface area contributed by atoms with Crippen molar-refractivity contribution < 1.29 is 47.3 Å². The van der Waals surface area contributed by atoms with E-state index in [1.165, 1.54) is 0 Å². The molecule has 20 heteroatoms. The largest absolute Gasteiger partial charge is 0.494 e. The van der Waals surface area contributed by atoms with Gasteiger partial charge in [-0.05, 0) is 133 Å². The summed E-state index contributed by atoms with van der Waals surface area (Å²) in [4.78, 5) is 36.5. The molecule has 2 amide bonds. The van der Waals surface area contributed by atoms with Crippen LogP contribution in [0.1, 0.15) is 50.2 Å². The van der Waals surface area contributed by atoms with Crippen LogP contribution < -0.4 is 24.4 Å². The minimum atomic E-state index is -0.377. The Morgan fingerprint density at radius 3 is 1.52 bits per heavy atom. The summed E-state index contributed by atoms with van der Waals surface area (Å²) in [6.07, 6.45) is 7.20. The number of amides is 2. The highest BCUT2D eigenvalue weighted by Gasteiger charge is 2.51. The molecule has 3 aliphatic heterocycles. The second-order valence-electron chi connectivity index (χ2n) is 21.0. The molecule has 11 rings (SSSR count). The maximum absolute atomic E-state index is 12.3. The lowest BCUT2D eigenvalue weighted by atomic mass is 9.79. The number of hydrogen-bond donors (Lipinski definition) is 0. The van der Waals surface area contributed by atoms with Gasteiger partial charge < -0.3 is 47.5 Å². The second kappa shape index (κ2) is 30.1. The van der Waals surface area contributed by atoms with Crippen LogP contribution in [0.25, 0.3) is 11.1 Å². The Bertz CT molecular complexity index is 3280. The van der Waals surface area contributed by atoms with Crippen molar-refractivity contribution in [1.82, 2.24) is 40.2 Å². The zero-order valence-electron chi connectivity index (χ0n) is 47.6. The van der Waals surface area contributed by atoms with Crippen LogP contribution in [0.15, 0.2) is 183 Å². The van der Waals surface area contributed by atoms with E-state index in [2.05, 4.69) is 92.8 Å². The number of likely N-dealkylation sites (tertiary alicyclic amines) is 2. The average molecular weight is 1250 g/mol. The fraction of sp³-hybridized carbons (Fsp3) is 0.312. The highest BCUT2D eigenvalue weighted by atomic mass is 127. The Balaban J connectivity index is 0.000000158. The lowest BCUT2D eigenvalue weighted by Gasteiger charge is -2.38. The molecule has 0 aliphatic carbocycles. The molecular formula is C64H68BIN8O10. The van der Waals surface area contributed by atoms with Crippen molar-refractivity contribution in [2.75, 3.05) is 52.6 Å². The molecule has 3 saturated heterocycles. The van der Waals surface area contributed by atoms with Crippen LogP contribution in [-0.4, -0.2) is 135 Å². The van der Waals surface area contributed by atoms with Gasteiger partial charge in [0.15, 0.2) is 0 Å². The monoisotopic (exact) mass is 1250 g/mol. The molecular weight excluding hydrogens is 1180 g/mol. The van der Waals surface area contributed by atoms with Gasteiger partial charge in [0.05, 0.1) is 88.0 Å². The van der Waals surface area contributed by atoms with Gasteiger partial charge in [-0.1, -0.05) is 84.9 Å². The molecule has 3 fully saturated rings. The lowest BCUT2D eigenvalue weighted by molar-refractivity contribution is -0.140. The first-order valence-electron chi connectivity index (χ1n) is 27.9. The third-order valence-corrected chi connectivity index (χ3v) is 14.7. The molecule has 0 bridgehead atoms. The van der Waals surface area contributed by atoms with E-state index in [1.807, 2.05) is 121 Å². The minimum absolute atomic E-state index is 0.0170. The fourth-order valence-corrected chi connectivity index (χ4v) is 9.00. The van der Waals surface area contributed by atoms with Crippen molar-refractivity contribution in [3.63, 3.8) is 0 Å². The number of carbonyl (C=O) groups excluding carboxylic acids is 2. The van der Waals surface area contributed by atoms with Gasteiger partial charge in [-0.2, -0.15) is 20.4 Å². The Kier molecular flexibility index (Phi) is 21.7. The number of benzene rings is 4. The molecule has 8 aromatic rings. The Labute approximate surface area is 504 Å². The number of ether oxygens (including phenoxy) is 6. The van der Waals surface area contributed by atoms with E-state index >= 15 is 0 Å². The molecule has 0 atom stereocenters. The van der Waals surface area contributed by atoms with Crippen LogP contribution in [0.4, 0.5) is 0 Å². The second-order valence-corrected chi connectivity index (χ2v) is 22.3. The molecule has 0 radical (unpaired) electrons. The Morgan fingerprint density at radius 2 is 1.05 bits per heavy atom. The van der Waals surface area contributed by atoms with Crippen molar-refractivity contribution in [2.45, 2.75) is 77.2 Å². The van der Waals surface area contributed by atoms with Crippen LogP contribution in [0.5, 0.6) is 23.3 Å². The van der Waals surface area contributed by atoms with Crippen molar-refractivity contribution >= 4 is 47.0 Å². The summed E-state index contributed by atoms with van der Waals surface area (Å²) in [5, 5.41) is 15.5. The van der Waals surface area contributed by atoms with Crippen LogP contribution in [0.2, 0.25) is 0 Å². The first-order valence-corrected chi connectivity index (χ1v) is 28.9. The molecule has 4 aromatic heterocycles. The molecule has 0 spiro atoms. The lowest BCUT2D eigenvalue weighted by Crippen LogP contribution is -2.56. The normalized spacial score (nSPS) is 15.0. The number of rotatable bonds is 22. The summed E-state index contributed by atoms with van der Waals surface area (Å²) >= 11 is 2.19. The molecule has 18 nitrogen and oxygen atoms in total. The van der Waals surface area contributed by atoms with Crippen LogP contribution >= 0.6 is 22.6 Å². The number of halogens is 1. The van der Waals surface area contributed by atoms with Crippen molar-refractivity contribution in [1.29, 1.82) is 0 Å². The number of hydrogen-bond acceptors (Lipinski definition) is 16. The standard InChI is InChI=1S/C29H28N4O4.C21H27BO4.C14H13IN4O2/c34-29(17-25-9-5-13-31-32-25)33-19-27(20-33)37-28-12-11-24(18-30-28)23-8-4-10-26(16-23)36-15-14-35-21-22-6-2-1-3-7-22;1-20(2)21(3,4)26-22(25-20)18-11-8-12-19(15-18)24-14-13-23-16-17-9-6-5-7-10-17;15-10-3-4-13(16-7-10)21-12-8-19(9-12)14(20)6-11-2-1-5-17-18-11/h1-13,16,18,27H,14-15,17,19-21H2;5-12,15H,13-14,16H2,1-4H3;1-5,7,12H,6,8-9H2. The van der Waals surface area contributed by atoms with E-state index in [1.54, 1.807) is 58.9 Å². The maximum atomic E-state index is 12.3. The third kappa shape index (κ3) is 18.3. The van der Waals surface area contributed by atoms with Crippen LogP contribution in [0.3, 0.4) is 0 Å². The highest BCUT2D eigenvalue weighted by molar-refractivity contribution is 14.1. The zero-order valence-corrected chi connectivity index (χ0v) is 49.7. The first kappa shape index (κ1) is 60.7. The summed E-state index contributed by atoms with van der Waals surface area (Å²) in [7, 11) is -0.377. The Morgan fingerprint density at radius 1 is 0.548 bits per heavy atom. The number of carbonyl (C=O) groups is 2. The molecule has 434 valence electrons. The highest BCUT2D eigenvalue weighted by Crippen LogP contribution is 2.37. The van der Waals surface area contributed by atoms with Crippen molar-refractivity contribution in [2.24, 2.45) is 0 Å². The van der Waals surface area contributed by atoms with E-state index in [-0.39, 0.29) is 55.2 Å². The van der Waals surface area contributed by atoms with Gasteiger partial charge in [0.2, 0.25) is 23.6 Å². The summed E-state index contributed by atoms with van der Waals surface area (Å²) < 4.78 is 47.9. The van der Waals surface area contributed by atoms with Gasteiger partial charge in [-0.15, -0.1) is 0 Å². The summed E-state index contributed by atoms with van der Waals surface area (Å²) in [5.41, 5.74) is 5.90. The molecule has 0 unspecified atom stereocenters. The fourth-order valence-electron chi connectivity index (χ4n) is 8.68. The van der Waals surface area contributed by atoms with Gasteiger partial charge >= 0.3 is 7.12 Å². The maximum Gasteiger partial charge on any atom is 0.494 e. The average Bonchev–Trinajstić information content (AvgIpc) is 3.20. The van der Waals surface area contributed by atoms with Gasteiger partial charge in [-0.3, -0.25) is 9.59 Å². The van der Waals surface area contributed by atoms with Gasteiger partial charge in [0, 0.05) is 46.1 Å². The van der Waals surface area contributed by atoms with E-state index in [0.29, 0.717) is 89.0 Å². The molecule has 0 N–H and O–H groups in total. The Hall–Kier alpha value is -7.89.